The van der Waals surface area contributed by atoms with Gasteiger partial charge < -0.3 is 10.1 Å². The summed E-state index contributed by atoms with van der Waals surface area (Å²) in [4.78, 5) is 11.7. The van der Waals surface area contributed by atoms with E-state index in [-0.39, 0.29) is 24.3 Å². The average Bonchev–Trinajstić information content (AvgIpc) is 2.31. The number of nitriles is 1. The predicted octanol–water partition coefficient (Wildman–Crippen LogP) is 2.96. The van der Waals surface area contributed by atoms with Crippen molar-refractivity contribution in [3.05, 3.63) is 24.3 Å². The molecular weight excluding hydrogens is 228 g/mol. The summed E-state index contributed by atoms with van der Waals surface area (Å²) in [7, 11) is 0. The Morgan fingerprint density at radius 2 is 1.94 bits per heavy atom. The second-order valence-electron chi connectivity index (χ2n) is 4.44. The van der Waals surface area contributed by atoms with Gasteiger partial charge in [-0.25, -0.2) is 0 Å². The van der Waals surface area contributed by atoms with E-state index in [0.717, 1.165) is 5.75 Å². The Balaban J connectivity index is 2.58. The third kappa shape index (κ3) is 4.46. The molecule has 0 aromatic heterocycles. The molecule has 0 aliphatic rings. The number of carbonyl (C=O) groups excluding carboxylic acids is 1. The minimum Gasteiger partial charge on any atom is -0.491 e. The van der Waals surface area contributed by atoms with Crippen molar-refractivity contribution in [3.8, 4) is 11.8 Å². The molecule has 18 heavy (non-hydrogen) atoms. The van der Waals surface area contributed by atoms with Crippen molar-refractivity contribution in [2.45, 2.75) is 33.3 Å². The van der Waals surface area contributed by atoms with Gasteiger partial charge in [0, 0.05) is 18.0 Å². The number of hydrogen-bond acceptors (Lipinski definition) is 3. The standard InChI is InChI=1S/C14H18N2O2/c1-10(2)18-13-6-4-12(5-7-13)16-14(17)11(3)8-9-15/h4-7,10-11H,8H2,1-3H3,(H,16,17). The first kappa shape index (κ1) is 14.0. The van der Waals surface area contributed by atoms with E-state index in [2.05, 4.69) is 5.32 Å². The number of nitrogens with zero attached hydrogens (tertiary/aromatic N) is 1. The highest BCUT2D eigenvalue weighted by Crippen LogP contribution is 2.17. The lowest BCUT2D eigenvalue weighted by atomic mass is 10.1. The summed E-state index contributed by atoms with van der Waals surface area (Å²) in [5.41, 5.74) is 0.709. The van der Waals surface area contributed by atoms with Crippen molar-refractivity contribution in [1.29, 1.82) is 5.26 Å². The van der Waals surface area contributed by atoms with Crippen LogP contribution >= 0.6 is 0 Å². The molecule has 1 aromatic rings. The predicted molar refractivity (Wildman–Crippen MR) is 70.2 cm³/mol. The molecule has 1 atom stereocenters. The number of hydrogen-bond donors (Lipinski definition) is 1. The maximum absolute atomic E-state index is 11.7. The molecule has 0 bridgehead atoms. The third-order valence-electron chi connectivity index (χ3n) is 2.34. The molecule has 1 aromatic carbocycles. The topological polar surface area (TPSA) is 62.1 Å². The summed E-state index contributed by atoms with van der Waals surface area (Å²) in [6.45, 7) is 5.65. The van der Waals surface area contributed by atoms with Gasteiger partial charge in [-0.15, -0.1) is 0 Å². The third-order valence-corrected chi connectivity index (χ3v) is 2.34. The van der Waals surface area contributed by atoms with Crippen LogP contribution in [-0.2, 0) is 4.79 Å². The maximum atomic E-state index is 11.7. The van der Waals surface area contributed by atoms with Crippen LogP contribution in [-0.4, -0.2) is 12.0 Å². The Bertz CT molecular complexity index is 432. The highest BCUT2D eigenvalue weighted by molar-refractivity contribution is 5.92. The number of benzene rings is 1. The summed E-state index contributed by atoms with van der Waals surface area (Å²) in [6, 6.07) is 9.18. The quantitative estimate of drug-likeness (QED) is 0.868. The molecule has 4 heteroatoms. The fraction of sp³-hybridized carbons (Fsp3) is 0.429. The van der Waals surface area contributed by atoms with Gasteiger partial charge in [0.05, 0.1) is 12.2 Å². The monoisotopic (exact) mass is 246 g/mol. The summed E-state index contributed by atoms with van der Waals surface area (Å²) in [6.07, 6.45) is 0.349. The molecule has 0 aliphatic carbocycles. The maximum Gasteiger partial charge on any atom is 0.228 e. The van der Waals surface area contributed by atoms with Crippen molar-refractivity contribution in [3.63, 3.8) is 0 Å². The van der Waals surface area contributed by atoms with E-state index in [9.17, 15) is 4.79 Å². The van der Waals surface area contributed by atoms with E-state index in [1.165, 1.54) is 0 Å². The zero-order valence-corrected chi connectivity index (χ0v) is 10.9. The van der Waals surface area contributed by atoms with Crippen LogP contribution in [0.4, 0.5) is 5.69 Å². The number of carbonyl (C=O) groups is 1. The molecule has 0 saturated carbocycles. The Morgan fingerprint density at radius 3 is 2.44 bits per heavy atom. The minimum absolute atomic E-state index is 0.126. The van der Waals surface area contributed by atoms with Crippen molar-refractivity contribution < 1.29 is 9.53 Å². The molecule has 0 fully saturated rings. The second-order valence-corrected chi connectivity index (χ2v) is 4.44. The molecule has 1 N–H and O–H groups in total. The highest BCUT2D eigenvalue weighted by Gasteiger charge is 2.12. The first-order chi connectivity index (χ1) is 8.52. The second kappa shape index (κ2) is 6.65. The largest absolute Gasteiger partial charge is 0.491 e. The molecular formula is C14H18N2O2. The molecule has 1 amide bonds. The van der Waals surface area contributed by atoms with E-state index >= 15 is 0 Å². The Labute approximate surface area is 108 Å². The van der Waals surface area contributed by atoms with Crippen LogP contribution in [0, 0.1) is 17.2 Å². The van der Waals surface area contributed by atoms with Gasteiger partial charge in [-0.05, 0) is 38.1 Å². The summed E-state index contributed by atoms with van der Waals surface area (Å²) >= 11 is 0. The Morgan fingerprint density at radius 1 is 1.33 bits per heavy atom. The molecule has 0 spiro atoms. The first-order valence-corrected chi connectivity index (χ1v) is 5.97. The number of ether oxygens (including phenoxy) is 1. The van der Waals surface area contributed by atoms with Crippen LogP contribution in [0.3, 0.4) is 0 Å². The number of nitrogens with one attached hydrogen (secondary N) is 1. The smallest absolute Gasteiger partial charge is 0.228 e. The molecule has 0 radical (unpaired) electrons. The van der Waals surface area contributed by atoms with Gasteiger partial charge in [-0.3, -0.25) is 4.79 Å². The Hall–Kier alpha value is -2.02. The summed E-state index contributed by atoms with van der Waals surface area (Å²) in [5, 5.41) is 11.3. The van der Waals surface area contributed by atoms with E-state index in [4.69, 9.17) is 10.00 Å². The van der Waals surface area contributed by atoms with Crippen molar-refractivity contribution >= 4 is 11.6 Å². The first-order valence-electron chi connectivity index (χ1n) is 5.97. The Kier molecular flexibility index (Phi) is 5.19. The van der Waals surface area contributed by atoms with E-state index < -0.39 is 0 Å². The average molecular weight is 246 g/mol. The summed E-state index contributed by atoms with van der Waals surface area (Å²) in [5.74, 6) is 0.323. The molecule has 96 valence electrons. The van der Waals surface area contributed by atoms with Crippen molar-refractivity contribution in [2.75, 3.05) is 5.32 Å². The summed E-state index contributed by atoms with van der Waals surface area (Å²) < 4.78 is 5.50. The van der Waals surface area contributed by atoms with Gasteiger partial charge in [0.1, 0.15) is 5.75 Å². The zero-order chi connectivity index (χ0) is 13.5. The molecule has 0 saturated heterocycles. The lowest BCUT2D eigenvalue weighted by Crippen LogP contribution is -2.19. The van der Waals surface area contributed by atoms with Gasteiger partial charge >= 0.3 is 0 Å². The van der Waals surface area contributed by atoms with E-state index in [0.29, 0.717) is 5.69 Å². The van der Waals surface area contributed by atoms with Crippen molar-refractivity contribution in [2.24, 2.45) is 5.92 Å². The number of anilines is 1. The van der Waals surface area contributed by atoms with Crippen LogP contribution in [0.2, 0.25) is 0 Å². The minimum atomic E-state index is -0.304. The molecule has 0 heterocycles. The van der Waals surface area contributed by atoms with Crippen LogP contribution in [0.15, 0.2) is 24.3 Å². The lowest BCUT2D eigenvalue weighted by Gasteiger charge is -2.12. The van der Waals surface area contributed by atoms with Crippen LogP contribution in [0.5, 0.6) is 5.75 Å². The fourth-order valence-electron chi connectivity index (χ4n) is 1.38. The van der Waals surface area contributed by atoms with Crippen LogP contribution in [0.1, 0.15) is 27.2 Å². The normalized spacial score (nSPS) is 11.7. The van der Waals surface area contributed by atoms with Gasteiger partial charge in [-0.1, -0.05) is 6.92 Å². The number of amides is 1. The van der Waals surface area contributed by atoms with Crippen LogP contribution in [0.25, 0.3) is 0 Å². The van der Waals surface area contributed by atoms with Gasteiger partial charge in [0.25, 0.3) is 0 Å². The van der Waals surface area contributed by atoms with Crippen molar-refractivity contribution in [1.82, 2.24) is 0 Å². The number of rotatable bonds is 5. The van der Waals surface area contributed by atoms with E-state index in [1.54, 1.807) is 19.1 Å². The zero-order valence-electron chi connectivity index (χ0n) is 10.9. The van der Waals surface area contributed by atoms with Gasteiger partial charge in [0.15, 0.2) is 0 Å². The fourth-order valence-corrected chi connectivity index (χ4v) is 1.38. The van der Waals surface area contributed by atoms with E-state index in [1.807, 2.05) is 32.0 Å². The highest BCUT2D eigenvalue weighted by atomic mass is 16.5. The SMILES string of the molecule is CC(C)Oc1ccc(NC(=O)C(C)CC#N)cc1. The molecule has 4 nitrogen and oxygen atoms in total. The lowest BCUT2D eigenvalue weighted by molar-refractivity contribution is -0.119. The van der Waals surface area contributed by atoms with Gasteiger partial charge in [0.2, 0.25) is 5.91 Å². The van der Waals surface area contributed by atoms with Gasteiger partial charge in [-0.2, -0.15) is 5.26 Å². The molecule has 1 rings (SSSR count). The molecule has 1 unspecified atom stereocenters. The van der Waals surface area contributed by atoms with Crippen LogP contribution < -0.4 is 10.1 Å². The molecule has 0 aliphatic heterocycles.